The minimum absolute atomic E-state index is 0.141. The number of hydrogen-bond donors (Lipinski definition) is 2. The Morgan fingerprint density at radius 3 is 2.88 bits per heavy atom. The van der Waals surface area contributed by atoms with Gasteiger partial charge in [-0.3, -0.25) is 10.1 Å². The van der Waals surface area contributed by atoms with Crippen LogP contribution in [0.15, 0.2) is 6.07 Å². The van der Waals surface area contributed by atoms with Crippen LogP contribution in [0.4, 0.5) is 5.95 Å². The Morgan fingerprint density at radius 1 is 1.59 bits per heavy atom. The van der Waals surface area contributed by atoms with Crippen LogP contribution < -0.4 is 15.4 Å². The van der Waals surface area contributed by atoms with E-state index in [9.17, 15) is 4.79 Å². The van der Waals surface area contributed by atoms with Crippen LogP contribution in [-0.4, -0.2) is 36.6 Å². The summed E-state index contributed by atoms with van der Waals surface area (Å²) in [7, 11) is 3.25. The van der Waals surface area contributed by atoms with Gasteiger partial charge < -0.3 is 10.1 Å². The number of carbonyl (C=O) groups is 1. The fourth-order valence-corrected chi connectivity index (χ4v) is 1.36. The van der Waals surface area contributed by atoms with Gasteiger partial charge in [-0.1, -0.05) is 18.5 Å². The second kappa shape index (κ2) is 6.36. The molecule has 1 rings (SSSR count). The van der Waals surface area contributed by atoms with Crippen LogP contribution in [0.1, 0.15) is 6.92 Å². The molecule has 6 nitrogen and oxygen atoms in total. The number of ether oxygens (including phenoxy) is 1. The van der Waals surface area contributed by atoms with E-state index in [0.717, 1.165) is 0 Å². The highest BCUT2D eigenvalue weighted by atomic mass is 35.5. The van der Waals surface area contributed by atoms with Crippen LogP contribution in [0, 0.1) is 5.92 Å². The maximum absolute atomic E-state index is 11.7. The van der Waals surface area contributed by atoms with E-state index < -0.39 is 0 Å². The second-order valence-electron chi connectivity index (χ2n) is 3.50. The lowest BCUT2D eigenvalue weighted by Gasteiger charge is -2.10. The van der Waals surface area contributed by atoms with Crippen LogP contribution in [0.25, 0.3) is 0 Å². The molecule has 0 saturated carbocycles. The minimum Gasteiger partial charge on any atom is -0.481 e. The first-order chi connectivity index (χ1) is 8.06. The Bertz CT molecular complexity index is 400. The molecule has 2 N–H and O–H groups in total. The van der Waals surface area contributed by atoms with Crippen LogP contribution >= 0.6 is 11.6 Å². The van der Waals surface area contributed by atoms with Crippen LogP contribution in [0.2, 0.25) is 5.15 Å². The zero-order valence-electron chi connectivity index (χ0n) is 9.95. The smallest absolute Gasteiger partial charge is 0.234 e. The van der Waals surface area contributed by atoms with Gasteiger partial charge in [-0.2, -0.15) is 4.98 Å². The third-order valence-electron chi connectivity index (χ3n) is 2.07. The van der Waals surface area contributed by atoms with Gasteiger partial charge in [-0.15, -0.1) is 0 Å². The van der Waals surface area contributed by atoms with Gasteiger partial charge in [0, 0.05) is 18.5 Å². The number of nitrogens with zero attached hydrogens (tertiary/aromatic N) is 2. The lowest BCUT2D eigenvalue weighted by atomic mass is 10.1. The maximum atomic E-state index is 11.7. The highest BCUT2D eigenvalue weighted by Gasteiger charge is 2.14. The molecule has 0 spiro atoms. The first-order valence-electron chi connectivity index (χ1n) is 5.11. The predicted octanol–water partition coefficient (Wildman–Crippen LogP) is 0.933. The van der Waals surface area contributed by atoms with Gasteiger partial charge in [0.25, 0.3) is 0 Å². The largest absolute Gasteiger partial charge is 0.481 e. The lowest BCUT2D eigenvalue weighted by Crippen LogP contribution is -2.29. The van der Waals surface area contributed by atoms with E-state index in [-0.39, 0.29) is 22.9 Å². The highest BCUT2D eigenvalue weighted by Crippen LogP contribution is 2.16. The van der Waals surface area contributed by atoms with Crippen LogP contribution in [0.3, 0.4) is 0 Å². The molecule has 0 aliphatic heterocycles. The standard InChI is InChI=1S/C10H15ClN4O2/c1-6(5-12-2)9(16)15-10-13-7(11)4-8(14-10)17-3/h4,6,12H,5H2,1-3H3,(H,13,14,15,16). The molecule has 1 atom stereocenters. The summed E-state index contributed by atoms with van der Waals surface area (Å²) >= 11 is 5.76. The quantitative estimate of drug-likeness (QED) is 0.769. The summed E-state index contributed by atoms with van der Waals surface area (Å²) in [4.78, 5) is 19.5. The normalized spacial score (nSPS) is 12.0. The summed E-state index contributed by atoms with van der Waals surface area (Å²) in [6.07, 6.45) is 0. The Kier molecular flexibility index (Phi) is 5.11. The zero-order valence-corrected chi connectivity index (χ0v) is 10.7. The number of amides is 1. The molecular formula is C10H15ClN4O2. The number of hydrogen-bond acceptors (Lipinski definition) is 5. The minimum atomic E-state index is -0.187. The Balaban J connectivity index is 2.74. The maximum Gasteiger partial charge on any atom is 0.234 e. The van der Waals surface area contributed by atoms with E-state index in [4.69, 9.17) is 16.3 Å². The van der Waals surface area contributed by atoms with E-state index >= 15 is 0 Å². The van der Waals surface area contributed by atoms with Gasteiger partial charge in [0.05, 0.1) is 7.11 Å². The molecule has 1 unspecified atom stereocenters. The predicted molar refractivity (Wildman–Crippen MR) is 65.3 cm³/mol. The Morgan fingerprint density at radius 2 is 2.29 bits per heavy atom. The fraction of sp³-hybridized carbons (Fsp3) is 0.500. The Hall–Kier alpha value is -1.40. The first-order valence-corrected chi connectivity index (χ1v) is 5.48. The summed E-state index contributed by atoms with van der Waals surface area (Å²) in [5.41, 5.74) is 0. The molecule has 1 heterocycles. The second-order valence-corrected chi connectivity index (χ2v) is 3.89. The van der Waals surface area contributed by atoms with Crippen molar-refractivity contribution in [1.82, 2.24) is 15.3 Å². The van der Waals surface area contributed by atoms with Crippen molar-refractivity contribution >= 4 is 23.5 Å². The molecule has 0 fully saturated rings. The summed E-state index contributed by atoms with van der Waals surface area (Å²) in [6, 6.07) is 1.47. The molecular weight excluding hydrogens is 244 g/mol. The van der Waals surface area contributed by atoms with E-state index in [1.807, 2.05) is 0 Å². The molecule has 17 heavy (non-hydrogen) atoms. The van der Waals surface area contributed by atoms with Gasteiger partial charge in [-0.05, 0) is 7.05 Å². The molecule has 7 heteroatoms. The molecule has 1 aromatic heterocycles. The number of anilines is 1. The van der Waals surface area contributed by atoms with Crippen molar-refractivity contribution in [3.05, 3.63) is 11.2 Å². The number of methoxy groups -OCH3 is 1. The molecule has 0 radical (unpaired) electrons. The summed E-state index contributed by atoms with van der Waals surface area (Å²) in [5, 5.41) is 5.71. The molecule has 1 aromatic rings. The van der Waals surface area contributed by atoms with Crippen LogP contribution in [0.5, 0.6) is 5.88 Å². The van der Waals surface area contributed by atoms with E-state index in [1.165, 1.54) is 13.2 Å². The fourth-order valence-electron chi connectivity index (χ4n) is 1.19. The van der Waals surface area contributed by atoms with Gasteiger partial charge in [0.1, 0.15) is 5.15 Å². The van der Waals surface area contributed by atoms with Crippen molar-refractivity contribution in [2.24, 2.45) is 5.92 Å². The van der Waals surface area contributed by atoms with Crippen molar-refractivity contribution in [3.63, 3.8) is 0 Å². The summed E-state index contributed by atoms with van der Waals surface area (Å²) in [5.74, 6) is 0.0844. The van der Waals surface area contributed by atoms with Crippen molar-refractivity contribution < 1.29 is 9.53 Å². The molecule has 1 amide bonds. The van der Waals surface area contributed by atoms with E-state index in [0.29, 0.717) is 12.4 Å². The van der Waals surface area contributed by atoms with Gasteiger partial charge in [0.2, 0.25) is 17.7 Å². The summed E-state index contributed by atoms with van der Waals surface area (Å²) < 4.78 is 4.93. The topological polar surface area (TPSA) is 76.1 Å². The molecule has 0 aliphatic rings. The average molecular weight is 259 g/mol. The molecule has 94 valence electrons. The first kappa shape index (κ1) is 13.7. The zero-order chi connectivity index (χ0) is 12.8. The van der Waals surface area contributed by atoms with Gasteiger partial charge in [-0.25, -0.2) is 4.98 Å². The van der Waals surface area contributed by atoms with Crippen molar-refractivity contribution in [2.45, 2.75) is 6.92 Å². The number of rotatable bonds is 5. The molecule has 0 saturated heterocycles. The summed E-state index contributed by atoms with van der Waals surface area (Å²) in [6.45, 7) is 2.37. The molecule has 0 aromatic carbocycles. The van der Waals surface area contributed by atoms with E-state index in [1.54, 1.807) is 14.0 Å². The highest BCUT2D eigenvalue weighted by molar-refractivity contribution is 6.29. The van der Waals surface area contributed by atoms with Gasteiger partial charge in [0.15, 0.2) is 0 Å². The van der Waals surface area contributed by atoms with Gasteiger partial charge >= 0.3 is 0 Å². The average Bonchev–Trinajstić information content (AvgIpc) is 2.28. The SMILES string of the molecule is CNCC(C)C(=O)Nc1nc(Cl)cc(OC)n1. The number of aromatic nitrogens is 2. The number of nitrogens with one attached hydrogen (secondary N) is 2. The van der Waals surface area contributed by atoms with E-state index in [2.05, 4.69) is 20.6 Å². The lowest BCUT2D eigenvalue weighted by molar-refractivity contribution is -0.119. The molecule has 0 aliphatic carbocycles. The van der Waals surface area contributed by atoms with Crippen molar-refractivity contribution in [3.8, 4) is 5.88 Å². The Labute approximate surface area is 105 Å². The number of halogens is 1. The van der Waals surface area contributed by atoms with Crippen LogP contribution in [-0.2, 0) is 4.79 Å². The van der Waals surface area contributed by atoms with Crippen molar-refractivity contribution in [1.29, 1.82) is 0 Å². The monoisotopic (exact) mass is 258 g/mol. The number of carbonyl (C=O) groups excluding carboxylic acids is 1. The molecule has 0 bridgehead atoms. The van der Waals surface area contributed by atoms with Crippen molar-refractivity contribution in [2.75, 3.05) is 26.0 Å². The third-order valence-corrected chi connectivity index (χ3v) is 2.27. The third kappa shape index (κ3) is 4.16.